The van der Waals surface area contributed by atoms with Crippen LogP contribution in [0.15, 0.2) is 47.6 Å². The van der Waals surface area contributed by atoms with Crippen LogP contribution < -0.4 is 5.43 Å². The molecule has 0 saturated carbocycles. The van der Waals surface area contributed by atoms with Crippen molar-refractivity contribution in [2.24, 2.45) is 12.1 Å². The maximum Gasteiger partial charge on any atom is 0.270 e. The lowest BCUT2D eigenvalue weighted by atomic mass is 10.2. The highest BCUT2D eigenvalue weighted by atomic mass is 16.6. The quantitative estimate of drug-likeness (QED) is 0.323. The van der Waals surface area contributed by atoms with Gasteiger partial charge in [-0.3, -0.25) is 10.1 Å². The SMILES string of the molecule is Cn1c2ccccc2c2nnc(N/N=C/c3cc([N+](=O)[O-])ccc3O)nc21. The zero-order chi connectivity index (χ0) is 19.0. The number of hydrazone groups is 1. The van der Waals surface area contributed by atoms with Crippen LogP contribution in [0.25, 0.3) is 22.1 Å². The van der Waals surface area contributed by atoms with Crippen LogP contribution in [0.3, 0.4) is 0 Å². The molecule has 4 aromatic rings. The molecule has 0 saturated heterocycles. The van der Waals surface area contributed by atoms with E-state index in [-0.39, 0.29) is 22.9 Å². The number of hydrogen-bond acceptors (Lipinski definition) is 8. The summed E-state index contributed by atoms with van der Waals surface area (Å²) in [6, 6.07) is 11.4. The monoisotopic (exact) mass is 363 g/mol. The molecule has 2 aromatic carbocycles. The first kappa shape index (κ1) is 16.4. The Bertz CT molecular complexity index is 1220. The maximum absolute atomic E-state index is 10.8. The molecule has 134 valence electrons. The van der Waals surface area contributed by atoms with Crippen LogP contribution in [0, 0.1) is 10.1 Å². The number of rotatable bonds is 4. The number of anilines is 1. The second-order valence-corrected chi connectivity index (χ2v) is 5.75. The second kappa shape index (κ2) is 6.33. The third kappa shape index (κ3) is 2.88. The van der Waals surface area contributed by atoms with Gasteiger partial charge in [-0.25, -0.2) is 5.43 Å². The number of phenols is 1. The number of para-hydroxylation sites is 1. The molecule has 0 aliphatic rings. The molecule has 4 rings (SSSR count). The van der Waals surface area contributed by atoms with E-state index in [1.165, 1.54) is 24.4 Å². The highest BCUT2D eigenvalue weighted by Crippen LogP contribution is 2.25. The summed E-state index contributed by atoms with van der Waals surface area (Å²) < 4.78 is 1.90. The molecule has 0 radical (unpaired) electrons. The fraction of sp³-hybridized carbons (Fsp3) is 0.0588. The molecule has 0 atom stereocenters. The van der Waals surface area contributed by atoms with Crippen molar-refractivity contribution in [3.05, 3.63) is 58.1 Å². The summed E-state index contributed by atoms with van der Waals surface area (Å²) in [7, 11) is 1.88. The van der Waals surface area contributed by atoms with Crippen LogP contribution in [0.5, 0.6) is 5.75 Å². The Kier molecular flexibility index (Phi) is 3.84. The predicted molar refractivity (Wildman–Crippen MR) is 99.8 cm³/mol. The number of hydrogen-bond donors (Lipinski definition) is 2. The summed E-state index contributed by atoms with van der Waals surface area (Å²) in [5.41, 5.74) is 4.97. The van der Waals surface area contributed by atoms with Crippen LogP contribution >= 0.6 is 0 Å². The van der Waals surface area contributed by atoms with Crippen LogP contribution in [0.2, 0.25) is 0 Å². The van der Waals surface area contributed by atoms with Gasteiger partial charge in [0.2, 0.25) is 0 Å². The highest BCUT2D eigenvalue weighted by molar-refractivity contribution is 6.04. The van der Waals surface area contributed by atoms with Crippen molar-refractivity contribution in [2.45, 2.75) is 0 Å². The minimum atomic E-state index is -0.550. The molecule has 10 nitrogen and oxygen atoms in total. The van der Waals surface area contributed by atoms with Crippen LogP contribution in [0.4, 0.5) is 11.6 Å². The van der Waals surface area contributed by atoms with Gasteiger partial charge in [0, 0.05) is 30.1 Å². The van der Waals surface area contributed by atoms with E-state index in [1.807, 2.05) is 35.9 Å². The van der Waals surface area contributed by atoms with Gasteiger partial charge in [-0.15, -0.1) is 10.2 Å². The van der Waals surface area contributed by atoms with E-state index in [2.05, 4.69) is 25.7 Å². The average Bonchev–Trinajstić information content (AvgIpc) is 2.95. The predicted octanol–water partition coefficient (Wildman–Crippen LogP) is 2.58. The molecular weight excluding hydrogens is 350 g/mol. The largest absolute Gasteiger partial charge is 0.507 e. The van der Waals surface area contributed by atoms with E-state index in [0.717, 1.165) is 10.9 Å². The molecule has 10 heteroatoms. The molecule has 2 aromatic heterocycles. The van der Waals surface area contributed by atoms with Gasteiger partial charge in [-0.05, 0) is 12.1 Å². The molecule has 0 aliphatic carbocycles. The molecule has 2 N–H and O–H groups in total. The number of nitrogens with one attached hydrogen (secondary N) is 1. The number of nitro groups is 1. The van der Waals surface area contributed by atoms with Crippen molar-refractivity contribution in [2.75, 3.05) is 5.43 Å². The molecule has 0 bridgehead atoms. The van der Waals surface area contributed by atoms with Crippen molar-refractivity contribution in [3.63, 3.8) is 0 Å². The zero-order valence-corrected chi connectivity index (χ0v) is 14.1. The Labute approximate surface area is 151 Å². The summed E-state index contributed by atoms with van der Waals surface area (Å²) in [6.45, 7) is 0. The Morgan fingerprint density at radius 2 is 2.07 bits per heavy atom. The van der Waals surface area contributed by atoms with Gasteiger partial charge in [-0.2, -0.15) is 10.1 Å². The maximum atomic E-state index is 10.8. The van der Waals surface area contributed by atoms with Crippen molar-refractivity contribution in [3.8, 4) is 5.75 Å². The first-order chi connectivity index (χ1) is 13.0. The molecule has 0 aliphatic heterocycles. The minimum absolute atomic E-state index is 0.130. The topological polar surface area (TPSA) is 131 Å². The Hall–Kier alpha value is -4.08. The van der Waals surface area contributed by atoms with Crippen LogP contribution in [0.1, 0.15) is 5.56 Å². The van der Waals surface area contributed by atoms with Crippen LogP contribution in [-0.2, 0) is 7.05 Å². The Morgan fingerprint density at radius 3 is 2.89 bits per heavy atom. The number of aromatic nitrogens is 4. The Morgan fingerprint density at radius 1 is 1.26 bits per heavy atom. The smallest absolute Gasteiger partial charge is 0.270 e. The van der Waals surface area contributed by atoms with Crippen molar-refractivity contribution in [1.29, 1.82) is 0 Å². The van der Waals surface area contributed by atoms with Gasteiger partial charge in [0.25, 0.3) is 11.6 Å². The van der Waals surface area contributed by atoms with Crippen LogP contribution in [-0.4, -0.2) is 36.0 Å². The van der Waals surface area contributed by atoms with E-state index >= 15 is 0 Å². The number of nitro benzene ring substituents is 1. The normalized spacial score (nSPS) is 11.4. The number of nitrogens with zero attached hydrogens (tertiary/aromatic N) is 6. The lowest BCUT2D eigenvalue weighted by Gasteiger charge is -2.00. The number of phenolic OH excluding ortho intramolecular Hbond substituents is 1. The van der Waals surface area contributed by atoms with E-state index in [0.29, 0.717) is 11.2 Å². The van der Waals surface area contributed by atoms with E-state index in [1.54, 1.807) is 0 Å². The first-order valence-corrected chi connectivity index (χ1v) is 7.89. The van der Waals surface area contributed by atoms with Gasteiger partial charge in [0.05, 0.1) is 16.7 Å². The molecule has 27 heavy (non-hydrogen) atoms. The standard InChI is InChI=1S/C17H13N7O3/c1-23-13-5-3-2-4-12(13)15-16(23)19-17(22-20-15)21-18-9-10-8-11(24(26)27)6-7-14(10)25/h2-9,25H,1H3,(H,19,21,22)/b18-9+. The number of fused-ring (bicyclic) bond motifs is 3. The number of aryl methyl sites for hydroxylation is 1. The van der Waals surface area contributed by atoms with Gasteiger partial charge in [-0.1, -0.05) is 18.2 Å². The lowest BCUT2D eigenvalue weighted by molar-refractivity contribution is -0.384. The minimum Gasteiger partial charge on any atom is -0.507 e. The first-order valence-electron chi connectivity index (χ1n) is 7.89. The number of non-ortho nitro benzene ring substituents is 1. The summed E-state index contributed by atoms with van der Waals surface area (Å²) in [6.07, 6.45) is 1.25. The summed E-state index contributed by atoms with van der Waals surface area (Å²) in [5, 5.41) is 33.7. The summed E-state index contributed by atoms with van der Waals surface area (Å²) >= 11 is 0. The van der Waals surface area contributed by atoms with E-state index < -0.39 is 4.92 Å². The van der Waals surface area contributed by atoms with Gasteiger partial charge < -0.3 is 9.67 Å². The van der Waals surface area contributed by atoms with Gasteiger partial charge >= 0.3 is 0 Å². The van der Waals surface area contributed by atoms with E-state index in [9.17, 15) is 15.2 Å². The summed E-state index contributed by atoms with van der Waals surface area (Å²) in [5.74, 6) is 0.0314. The number of benzene rings is 2. The van der Waals surface area contributed by atoms with E-state index in [4.69, 9.17) is 0 Å². The highest BCUT2D eigenvalue weighted by Gasteiger charge is 2.12. The fourth-order valence-corrected chi connectivity index (χ4v) is 2.77. The van der Waals surface area contributed by atoms with Crippen molar-refractivity contribution in [1.82, 2.24) is 19.7 Å². The third-order valence-corrected chi connectivity index (χ3v) is 4.10. The molecule has 0 spiro atoms. The number of aromatic hydroxyl groups is 1. The molecule has 0 unspecified atom stereocenters. The molecule has 0 amide bonds. The van der Waals surface area contributed by atoms with Gasteiger partial charge in [0.1, 0.15) is 11.3 Å². The average molecular weight is 363 g/mol. The summed E-state index contributed by atoms with van der Waals surface area (Å²) in [4.78, 5) is 14.7. The van der Waals surface area contributed by atoms with Crippen molar-refractivity contribution >= 4 is 39.9 Å². The molecule has 0 fully saturated rings. The lowest BCUT2D eigenvalue weighted by Crippen LogP contribution is -2.01. The second-order valence-electron chi connectivity index (χ2n) is 5.75. The fourth-order valence-electron chi connectivity index (χ4n) is 2.77. The van der Waals surface area contributed by atoms with Crippen molar-refractivity contribution < 1.29 is 10.0 Å². The molecule has 2 heterocycles. The van der Waals surface area contributed by atoms with Gasteiger partial charge in [0.15, 0.2) is 5.65 Å². The third-order valence-electron chi connectivity index (χ3n) is 4.10. The zero-order valence-electron chi connectivity index (χ0n) is 14.1. The molecular formula is C17H13N7O3. The Balaban J connectivity index is 1.64.